The van der Waals surface area contributed by atoms with Crippen LogP contribution in [0.4, 0.5) is 0 Å². The van der Waals surface area contributed by atoms with Crippen molar-refractivity contribution in [2.75, 3.05) is 56.4 Å². The maximum absolute atomic E-state index is 12.1. The molecule has 21 nitrogen and oxygen atoms in total. The molecule has 7 aliphatic rings. The van der Waals surface area contributed by atoms with Crippen molar-refractivity contribution in [3.8, 4) is 0 Å². The van der Waals surface area contributed by atoms with Gasteiger partial charge in [-0.3, -0.25) is 68.0 Å². The lowest BCUT2D eigenvalue weighted by Gasteiger charge is -2.29. The van der Waals surface area contributed by atoms with Gasteiger partial charge in [0.1, 0.15) is 0 Å². The van der Waals surface area contributed by atoms with Crippen molar-refractivity contribution in [3.05, 3.63) is 354 Å². The first-order valence-corrected chi connectivity index (χ1v) is 47.6. The van der Waals surface area contributed by atoms with Crippen LogP contribution in [0.5, 0.6) is 0 Å². The highest BCUT2D eigenvalue weighted by atomic mass is 17.1. The van der Waals surface area contributed by atoms with E-state index in [2.05, 4.69) is 42.6 Å². The first-order valence-electron chi connectivity index (χ1n) is 47.6. The van der Waals surface area contributed by atoms with Crippen LogP contribution >= 0.6 is 0 Å². The van der Waals surface area contributed by atoms with Crippen LogP contribution in [0.1, 0.15) is 358 Å². The van der Waals surface area contributed by atoms with E-state index in [1.807, 2.05) is 48.5 Å². The predicted molar refractivity (Wildman–Crippen MR) is 542 cm³/mol. The number of unbranched alkanes of at least 4 members (excludes halogenated alkanes) is 4. The number of ether oxygens (including phenoxy) is 5. The predicted octanol–water partition coefficient (Wildman–Crippen LogP) is 25.8. The van der Waals surface area contributed by atoms with Crippen LogP contribution in [0.25, 0.3) is 0 Å². The zero-order valence-corrected chi connectivity index (χ0v) is 83.9. The van der Waals surface area contributed by atoms with Gasteiger partial charge in [0.15, 0.2) is 57.8 Å². The van der Waals surface area contributed by atoms with E-state index < -0.39 is 0 Å². The minimum absolute atomic E-state index is 0.0154. The average molecular weight is 1870 g/mol. The molecule has 734 valence electrons. The summed E-state index contributed by atoms with van der Waals surface area (Å²) < 4.78 is 21.9. The maximum Gasteiger partial charge on any atom is 0.302 e. The lowest BCUT2D eigenvalue weighted by atomic mass is 9.78. The fourth-order valence-corrected chi connectivity index (χ4v) is 15.8. The quantitative estimate of drug-likeness (QED) is 0.0442. The Kier molecular flexibility index (Phi) is 58.0. The molecule has 7 aliphatic carbocycles. The summed E-state index contributed by atoms with van der Waals surface area (Å²) in [7, 11) is 11.1. The number of fused-ring (bicyclic) bond motifs is 10. The van der Waals surface area contributed by atoms with E-state index in [-0.39, 0.29) is 82.0 Å². The summed E-state index contributed by atoms with van der Waals surface area (Å²) in [6.45, 7) is 25.5. The number of rotatable bonds is 14. The molecule has 0 heterocycles. The molecule has 21 heteroatoms. The average Bonchev–Trinajstić information content (AvgIpc) is 0.789. The van der Waals surface area contributed by atoms with Gasteiger partial charge in [0.2, 0.25) is 0 Å². The third-order valence-corrected chi connectivity index (χ3v) is 22.4. The van der Waals surface area contributed by atoms with Gasteiger partial charge >= 0.3 is 11.9 Å². The largest absolute Gasteiger partial charge is 0.469 e. The highest BCUT2D eigenvalue weighted by Gasteiger charge is 2.34. The molecule has 1 atom stereocenters. The van der Waals surface area contributed by atoms with Crippen molar-refractivity contribution in [2.45, 2.75) is 211 Å². The molecule has 0 aliphatic heterocycles. The third-order valence-electron chi connectivity index (χ3n) is 22.4. The van der Waals surface area contributed by atoms with Gasteiger partial charge in [-0.15, -0.1) is 0 Å². The van der Waals surface area contributed by atoms with Gasteiger partial charge < -0.3 is 23.7 Å². The van der Waals surface area contributed by atoms with Gasteiger partial charge in [-0.1, -0.05) is 388 Å². The van der Waals surface area contributed by atoms with Gasteiger partial charge in [0.25, 0.3) is 0 Å². The SMILES string of the molecule is CC.CC.CC.CC(C)OO.CCCCCC1CCC(CC(C)OO)CC1.CCCCCC1CCC(COC(C)=O)CC1.COC.COC.COC.COC(C)=O.O=C1c2ccccc2C(=O)c2ccccc21.O=C1c2ccccc2C(=O)c2ccccc21.O=C1c2ccccc2C(=O)c2ccccc21.O=C1c2ccccc2C(=O)c2ccccc21.O=C1c2ccccc2C(=O)c2ccccc21. The van der Waals surface area contributed by atoms with Crippen molar-refractivity contribution in [3.63, 3.8) is 0 Å². The van der Waals surface area contributed by atoms with Gasteiger partial charge in [-0.2, -0.15) is 0 Å². The zero-order valence-electron chi connectivity index (χ0n) is 83.9. The van der Waals surface area contributed by atoms with Crippen molar-refractivity contribution >= 4 is 69.8 Å². The number of esters is 2. The molecule has 137 heavy (non-hydrogen) atoms. The normalized spacial score (nSPS) is 15.1. The monoisotopic (exact) mass is 1870 g/mol. The zero-order chi connectivity index (χ0) is 102. The van der Waals surface area contributed by atoms with Crippen molar-refractivity contribution in [1.29, 1.82) is 0 Å². The Morgan fingerprint density at radius 3 is 0.540 bits per heavy atom. The van der Waals surface area contributed by atoms with E-state index in [9.17, 15) is 57.5 Å². The first kappa shape index (κ1) is 119. The fourth-order valence-electron chi connectivity index (χ4n) is 15.8. The molecule has 2 fully saturated rings. The standard InChI is InChI=1S/5C14H8O2.C14H26O2.C14H28O2.C3H6O2.C3H8O2.3C2H6O.3C2H6/c5*15-13-9-5-1-2-6-10(9)14(16)12-8-4-3-7-11(12)13;1-3-4-5-6-13-7-9-14(10-8-13)11-16-12(2)15;1-3-4-5-6-13-7-9-14(10-8-13)11-12(2)16-15;1-3(4)5-2;1-3(2)5-4;3*1-3-2;3*1-2/h5*1-8H;13-14H,3-11H2,1-2H3;12-15H,3-11H2,1-2H3;1-2H3;3-4H,1-2H3;3*1-2H3;3*1-2H3. The molecule has 2 saturated carbocycles. The summed E-state index contributed by atoms with van der Waals surface area (Å²) in [5, 5.41) is 16.2. The lowest BCUT2D eigenvalue weighted by Crippen LogP contribution is -2.20. The second-order valence-electron chi connectivity index (χ2n) is 32.5. The molecular formula is C116H144O21. The van der Waals surface area contributed by atoms with Gasteiger partial charge in [-0.05, 0) is 63.7 Å². The maximum atomic E-state index is 12.1. The summed E-state index contributed by atoms with van der Waals surface area (Å²) in [5.41, 5.74) is 10.1. The molecule has 10 aromatic carbocycles. The van der Waals surface area contributed by atoms with Crippen LogP contribution in [0.15, 0.2) is 243 Å². The molecule has 0 spiro atoms. The van der Waals surface area contributed by atoms with Gasteiger partial charge in [0.05, 0.1) is 25.9 Å². The smallest absolute Gasteiger partial charge is 0.302 e. The molecule has 10 aromatic rings. The molecule has 2 N–H and O–H groups in total. The molecule has 0 saturated heterocycles. The van der Waals surface area contributed by atoms with E-state index in [1.165, 1.54) is 124 Å². The van der Waals surface area contributed by atoms with E-state index in [4.69, 9.17) is 15.3 Å². The second kappa shape index (κ2) is 66.9. The highest BCUT2D eigenvalue weighted by molar-refractivity contribution is 6.32. The Balaban J connectivity index is 0.000000395. The Morgan fingerprint density at radius 1 is 0.270 bits per heavy atom. The minimum atomic E-state index is -0.245. The van der Waals surface area contributed by atoms with Crippen LogP contribution < -0.4 is 0 Å². The molecule has 1 unspecified atom stereocenters. The first-order chi connectivity index (χ1) is 66.2. The number of carbonyl (C=O) groups is 12. The van der Waals surface area contributed by atoms with E-state index in [0.717, 1.165) is 24.2 Å². The van der Waals surface area contributed by atoms with Crippen LogP contribution in [0, 0.1) is 23.7 Å². The summed E-state index contributed by atoms with van der Waals surface area (Å²) >= 11 is 0. The summed E-state index contributed by atoms with van der Waals surface area (Å²) in [5.74, 6) is 2.32. The Labute approximate surface area is 812 Å². The van der Waals surface area contributed by atoms with Crippen LogP contribution in [0.3, 0.4) is 0 Å². The number of hydrogen-bond donors (Lipinski definition) is 2. The van der Waals surface area contributed by atoms with E-state index in [0.29, 0.717) is 124 Å². The molecule has 0 radical (unpaired) electrons. The summed E-state index contributed by atoms with van der Waals surface area (Å²) in [4.78, 5) is 149. The molecular weight excluding hydrogens is 1730 g/mol. The number of hydrogen-bond acceptors (Lipinski definition) is 21. The Bertz CT molecular complexity index is 4250. The summed E-state index contributed by atoms with van der Waals surface area (Å²) in [6.07, 6.45) is 22.7. The minimum Gasteiger partial charge on any atom is -0.469 e. The third kappa shape index (κ3) is 36.9. The molecule has 0 bridgehead atoms. The Morgan fingerprint density at radius 2 is 0.416 bits per heavy atom. The molecule has 17 rings (SSSR count). The topological polar surface area (TPSA) is 310 Å². The Hall–Kier alpha value is -12.4. The van der Waals surface area contributed by atoms with Gasteiger partial charge in [0, 0.05) is 168 Å². The van der Waals surface area contributed by atoms with Crippen molar-refractivity contribution in [1.82, 2.24) is 0 Å². The van der Waals surface area contributed by atoms with E-state index in [1.54, 1.807) is 299 Å². The van der Waals surface area contributed by atoms with Crippen LogP contribution in [-0.4, -0.2) is 149 Å². The van der Waals surface area contributed by atoms with Crippen LogP contribution in [-0.2, 0) is 43.0 Å². The number of methoxy groups -OCH3 is 4. The lowest BCUT2D eigenvalue weighted by molar-refractivity contribution is -0.277. The highest BCUT2D eigenvalue weighted by Crippen LogP contribution is 2.37. The second-order valence-corrected chi connectivity index (χ2v) is 32.5. The van der Waals surface area contributed by atoms with E-state index >= 15 is 0 Å². The number of carbonyl (C=O) groups excluding carboxylic acids is 12. The van der Waals surface area contributed by atoms with Gasteiger partial charge in [-0.25, -0.2) is 9.78 Å². The summed E-state index contributed by atoms with van der Waals surface area (Å²) in [6, 6.07) is 69.5. The van der Waals surface area contributed by atoms with Crippen molar-refractivity contribution in [2.24, 2.45) is 23.7 Å². The number of benzene rings is 10. The fraction of sp³-hybridized carbons (Fsp3) is 0.379. The number of ketones is 10. The molecule has 0 aromatic heterocycles. The molecule has 0 amide bonds. The van der Waals surface area contributed by atoms with Crippen molar-refractivity contribution < 1.29 is 102 Å². The van der Waals surface area contributed by atoms with Crippen LogP contribution in [0.2, 0.25) is 0 Å².